The van der Waals surface area contributed by atoms with Gasteiger partial charge in [-0.1, -0.05) is 135 Å². The van der Waals surface area contributed by atoms with E-state index in [4.69, 9.17) is 9.97 Å². The molecule has 0 spiro atoms. The summed E-state index contributed by atoms with van der Waals surface area (Å²) in [5.41, 5.74) is 11.1. The van der Waals surface area contributed by atoms with Crippen LogP contribution in [-0.2, 0) is 5.41 Å². The lowest BCUT2D eigenvalue weighted by molar-refractivity contribution is 0.632. The zero-order valence-electron chi connectivity index (χ0n) is 24.6. The summed E-state index contributed by atoms with van der Waals surface area (Å²) in [5.74, 6) is 0.702. The van der Waals surface area contributed by atoms with E-state index in [9.17, 15) is 0 Å². The lowest BCUT2D eigenvalue weighted by atomic mass is 9.85. The molecule has 8 aromatic rings. The molecular weight excluding hydrogens is 534 g/mol. The molecule has 0 saturated heterocycles. The molecular formula is C41H29N3. The molecule has 208 valence electrons. The van der Waals surface area contributed by atoms with Crippen LogP contribution < -0.4 is 0 Å². The number of para-hydroxylation sites is 1. The van der Waals surface area contributed by atoms with Gasteiger partial charge in [0.15, 0.2) is 0 Å². The molecule has 3 heteroatoms. The van der Waals surface area contributed by atoms with Crippen LogP contribution in [0.25, 0.3) is 72.0 Å². The predicted octanol–water partition coefficient (Wildman–Crippen LogP) is 10.4. The van der Waals surface area contributed by atoms with Crippen LogP contribution in [0.1, 0.15) is 25.1 Å². The van der Waals surface area contributed by atoms with Crippen molar-refractivity contribution in [3.05, 3.63) is 151 Å². The minimum absolute atomic E-state index is 0.270. The molecule has 2 aromatic heterocycles. The molecule has 9 rings (SSSR count). The van der Waals surface area contributed by atoms with Gasteiger partial charge in [0.1, 0.15) is 0 Å². The molecule has 0 radical (unpaired) electrons. The molecule has 0 atom stereocenters. The van der Waals surface area contributed by atoms with E-state index in [-0.39, 0.29) is 5.41 Å². The van der Waals surface area contributed by atoms with Gasteiger partial charge in [0.05, 0.1) is 22.4 Å². The number of aromatic nitrogens is 3. The molecule has 2 heterocycles. The highest BCUT2D eigenvalue weighted by molar-refractivity contribution is 6.13. The zero-order valence-corrected chi connectivity index (χ0v) is 24.6. The Bertz CT molecular complexity index is 2400. The average molecular weight is 564 g/mol. The van der Waals surface area contributed by atoms with Gasteiger partial charge in [-0.2, -0.15) is 0 Å². The summed E-state index contributed by atoms with van der Waals surface area (Å²) in [7, 11) is 0. The van der Waals surface area contributed by atoms with Gasteiger partial charge < -0.3 is 0 Å². The maximum atomic E-state index is 5.46. The Balaban J connectivity index is 1.35. The largest absolute Gasteiger partial charge is 0.278 e. The third-order valence-electron chi connectivity index (χ3n) is 9.36. The van der Waals surface area contributed by atoms with Crippen LogP contribution in [0, 0.1) is 0 Å². The predicted molar refractivity (Wildman–Crippen MR) is 182 cm³/mol. The summed E-state index contributed by atoms with van der Waals surface area (Å²) in [5, 5.41) is 4.84. The van der Waals surface area contributed by atoms with Gasteiger partial charge in [-0.3, -0.25) is 4.57 Å². The van der Waals surface area contributed by atoms with Crippen molar-refractivity contribution in [3.8, 4) is 39.5 Å². The van der Waals surface area contributed by atoms with Crippen molar-refractivity contribution in [2.45, 2.75) is 19.3 Å². The highest BCUT2D eigenvalue weighted by Crippen LogP contribution is 2.51. The van der Waals surface area contributed by atoms with E-state index in [2.05, 4.69) is 158 Å². The van der Waals surface area contributed by atoms with Crippen molar-refractivity contribution < 1.29 is 0 Å². The van der Waals surface area contributed by atoms with Crippen LogP contribution in [0.3, 0.4) is 0 Å². The molecule has 0 N–H and O–H groups in total. The Hall–Kier alpha value is -5.54. The van der Waals surface area contributed by atoms with Crippen LogP contribution in [-0.4, -0.2) is 14.5 Å². The minimum atomic E-state index is -0.270. The highest BCUT2D eigenvalue weighted by atomic mass is 15.2. The Morgan fingerprint density at radius 3 is 1.98 bits per heavy atom. The molecule has 0 saturated carbocycles. The molecule has 0 aliphatic heterocycles. The van der Waals surface area contributed by atoms with E-state index in [1.54, 1.807) is 0 Å². The first-order valence-corrected chi connectivity index (χ1v) is 15.2. The number of hydrogen-bond donors (Lipinski definition) is 0. The number of rotatable bonds is 3. The van der Waals surface area contributed by atoms with E-state index in [1.165, 1.54) is 43.8 Å². The maximum absolute atomic E-state index is 5.46. The number of benzene rings is 6. The third-order valence-corrected chi connectivity index (χ3v) is 9.36. The zero-order chi connectivity index (χ0) is 29.4. The van der Waals surface area contributed by atoms with Gasteiger partial charge in [-0.05, 0) is 51.2 Å². The summed E-state index contributed by atoms with van der Waals surface area (Å²) >= 11 is 0. The Morgan fingerprint density at radius 1 is 0.523 bits per heavy atom. The van der Waals surface area contributed by atoms with Gasteiger partial charge >= 0.3 is 0 Å². The molecule has 6 aromatic carbocycles. The van der Waals surface area contributed by atoms with Gasteiger partial charge in [-0.25, -0.2) is 9.97 Å². The highest BCUT2D eigenvalue weighted by Gasteiger charge is 2.40. The minimum Gasteiger partial charge on any atom is -0.278 e. The normalized spacial score (nSPS) is 13.4. The van der Waals surface area contributed by atoms with Crippen molar-refractivity contribution in [1.29, 1.82) is 0 Å². The first-order chi connectivity index (χ1) is 21.6. The quantitative estimate of drug-likeness (QED) is 0.214. The van der Waals surface area contributed by atoms with E-state index in [0.29, 0.717) is 5.95 Å². The van der Waals surface area contributed by atoms with Crippen molar-refractivity contribution in [3.63, 3.8) is 0 Å². The second-order valence-electron chi connectivity index (χ2n) is 12.3. The van der Waals surface area contributed by atoms with Crippen LogP contribution in [0.15, 0.2) is 140 Å². The average Bonchev–Trinajstić information content (AvgIpc) is 3.52. The van der Waals surface area contributed by atoms with Crippen LogP contribution in [0.5, 0.6) is 0 Å². The summed E-state index contributed by atoms with van der Waals surface area (Å²) < 4.78 is 2.26. The molecule has 0 fully saturated rings. The second kappa shape index (κ2) is 9.23. The lowest BCUT2D eigenvalue weighted by Crippen LogP contribution is -2.18. The van der Waals surface area contributed by atoms with Gasteiger partial charge in [0.2, 0.25) is 5.95 Å². The second-order valence-corrected chi connectivity index (χ2v) is 12.3. The molecule has 44 heavy (non-hydrogen) atoms. The number of nitrogens with zero attached hydrogens (tertiary/aromatic N) is 3. The maximum Gasteiger partial charge on any atom is 0.235 e. The fourth-order valence-corrected chi connectivity index (χ4v) is 7.16. The Morgan fingerprint density at radius 2 is 1.16 bits per heavy atom. The van der Waals surface area contributed by atoms with Crippen LogP contribution in [0.4, 0.5) is 0 Å². The molecule has 0 amide bonds. The molecule has 1 aliphatic rings. The van der Waals surface area contributed by atoms with E-state index in [0.717, 1.165) is 33.5 Å². The fourth-order valence-electron chi connectivity index (χ4n) is 7.16. The van der Waals surface area contributed by atoms with E-state index < -0.39 is 0 Å². The van der Waals surface area contributed by atoms with Gasteiger partial charge in [0, 0.05) is 27.3 Å². The van der Waals surface area contributed by atoms with Crippen LogP contribution in [0.2, 0.25) is 0 Å². The summed E-state index contributed by atoms with van der Waals surface area (Å²) in [4.78, 5) is 10.9. The van der Waals surface area contributed by atoms with E-state index in [1.807, 2.05) is 0 Å². The monoisotopic (exact) mass is 563 g/mol. The lowest BCUT2D eigenvalue weighted by Gasteiger charge is -2.21. The van der Waals surface area contributed by atoms with Crippen molar-refractivity contribution in [2.75, 3.05) is 0 Å². The first kappa shape index (κ1) is 25.0. The topological polar surface area (TPSA) is 30.7 Å². The summed E-state index contributed by atoms with van der Waals surface area (Å²) in [6.07, 6.45) is 0. The molecule has 0 unspecified atom stereocenters. The fraction of sp³-hybridized carbons (Fsp3) is 0.0732. The standard InChI is InChI=1S/C41H29N3/c1-41(2)34-18-10-8-17-32(34)37-38(28-22-20-27(21-23-28)26-12-4-3-5-13-26)42-40(43-39(37)41)44-35-19-11-9-16-31(35)33-24-29-14-6-7-15-30(29)25-36(33)44/h3-25H,1-2H3. The summed E-state index contributed by atoms with van der Waals surface area (Å²) in [6.45, 7) is 4.58. The van der Waals surface area contributed by atoms with Crippen molar-refractivity contribution in [2.24, 2.45) is 0 Å². The smallest absolute Gasteiger partial charge is 0.235 e. The van der Waals surface area contributed by atoms with Crippen LogP contribution >= 0.6 is 0 Å². The number of hydrogen-bond acceptors (Lipinski definition) is 2. The SMILES string of the molecule is CC1(C)c2ccccc2-c2c(-c3ccc(-c4ccccc4)cc3)nc(-n3c4ccccc4c4cc5ccccc5cc43)nc21. The first-order valence-electron chi connectivity index (χ1n) is 15.2. The Kier molecular flexibility index (Phi) is 5.24. The van der Waals surface area contributed by atoms with Crippen molar-refractivity contribution >= 4 is 32.6 Å². The summed E-state index contributed by atoms with van der Waals surface area (Å²) in [6, 6.07) is 49.9. The number of fused-ring (bicyclic) bond motifs is 7. The molecule has 1 aliphatic carbocycles. The molecule has 3 nitrogen and oxygen atoms in total. The van der Waals surface area contributed by atoms with Gasteiger partial charge in [-0.15, -0.1) is 0 Å². The van der Waals surface area contributed by atoms with Gasteiger partial charge in [0.25, 0.3) is 0 Å². The molecule has 0 bridgehead atoms. The third kappa shape index (κ3) is 3.56. The Labute approximate surface area is 256 Å². The van der Waals surface area contributed by atoms with E-state index >= 15 is 0 Å². The van der Waals surface area contributed by atoms with Crippen molar-refractivity contribution in [1.82, 2.24) is 14.5 Å².